The normalized spacial score (nSPS) is 16.5. The number of halogens is 2. The summed E-state index contributed by atoms with van der Waals surface area (Å²) in [5, 5.41) is 6.50. The molecule has 3 heterocycles. The molecule has 2 aromatic heterocycles. The Bertz CT molecular complexity index is 1720. The highest BCUT2D eigenvalue weighted by molar-refractivity contribution is 7.87. The first-order chi connectivity index (χ1) is 20.1. The van der Waals surface area contributed by atoms with E-state index in [1.54, 1.807) is 18.2 Å². The third-order valence-electron chi connectivity index (χ3n) is 8.00. The molecule has 1 saturated heterocycles. The molecular formula is C29H31Cl2N5O4S2. The van der Waals surface area contributed by atoms with E-state index in [2.05, 4.69) is 14.8 Å². The van der Waals surface area contributed by atoms with Gasteiger partial charge in [-0.1, -0.05) is 45.8 Å². The first-order valence-electron chi connectivity index (χ1n) is 13.9. The van der Waals surface area contributed by atoms with Gasteiger partial charge in [0.25, 0.3) is 5.91 Å². The van der Waals surface area contributed by atoms with Gasteiger partial charge in [0.1, 0.15) is 11.5 Å². The van der Waals surface area contributed by atoms with Gasteiger partial charge in [0.05, 0.1) is 20.3 Å². The van der Waals surface area contributed by atoms with Crippen LogP contribution in [0.1, 0.15) is 59.7 Å². The second kappa shape index (κ2) is 11.8. The molecule has 222 valence electrons. The average Bonchev–Trinajstić information content (AvgIpc) is 3.57. The molecule has 1 aliphatic carbocycles. The van der Waals surface area contributed by atoms with Crippen LogP contribution in [0.3, 0.4) is 0 Å². The summed E-state index contributed by atoms with van der Waals surface area (Å²) in [6.45, 7) is 1.78. The summed E-state index contributed by atoms with van der Waals surface area (Å²) < 4.78 is 33.8. The fraction of sp³-hybridized carbons (Fsp3) is 0.414. The van der Waals surface area contributed by atoms with E-state index in [1.807, 2.05) is 18.2 Å². The average molecular weight is 649 g/mol. The molecule has 9 nitrogen and oxygen atoms in total. The number of hydrogen-bond acceptors (Lipinski definition) is 8. The fourth-order valence-electron chi connectivity index (χ4n) is 5.37. The number of amides is 1. The van der Waals surface area contributed by atoms with Gasteiger partial charge in [0.15, 0.2) is 5.13 Å². The van der Waals surface area contributed by atoms with E-state index in [4.69, 9.17) is 32.7 Å². The minimum Gasteiger partial charge on any atom is -0.360 e. The number of aromatic nitrogens is 2. The van der Waals surface area contributed by atoms with Gasteiger partial charge in [-0.3, -0.25) is 4.79 Å². The molecule has 6 rings (SSSR count). The molecule has 1 aliphatic heterocycles. The molecule has 2 aromatic carbocycles. The number of carbonyl (C=O) groups excluding carboxylic acids is 1. The zero-order valence-electron chi connectivity index (χ0n) is 23.3. The number of nitrogens with one attached hydrogen (secondary N) is 1. The maximum atomic E-state index is 12.5. The first-order valence-corrected chi connectivity index (χ1v) is 16.9. The summed E-state index contributed by atoms with van der Waals surface area (Å²) in [7, 11) is -1.13. The Labute approximate surface area is 259 Å². The van der Waals surface area contributed by atoms with Gasteiger partial charge in [0.2, 0.25) is 0 Å². The number of thiazole rings is 1. The summed E-state index contributed by atoms with van der Waals surface area (Å²) in [5.74, 6) is 1.31. The maximum absolute atomic E-state index is 12.5. The number of nitrogens with zero attached hydrogens (tertiary/aromatic N) is 4. The van der Waals surface area contributed by atoms with Crippen molar-refractivity contribution < 1.29 is 17.7 Å². The molecule has 0 bridgehead atoms. The van der Waals surface area contributed by atoms with Crippen molar-refractivity contribution in [3.8, 4) is 11.3 Å². The van der Waals surface area contributed by atoms with Crippen molar-refractivity contribution in [2.24, 2.45) is 5.92 Å². The van der Waals surface area contributed by atoms with Crippen LogP contribution in [0.5, 0.6) is 0 Å². The molecule has 13 heteroatoms. The van der Waals surface area contributed by atoms with Crippen LogP contribution in [0.25, 0.3) is 21.5 Å². The van der Waals surface area contributed by atoms with Gasteiger partial charge in [-0.05, 0) is 74.8 Å². The lowest BCUT2D eigenvalue weighted by atomic mass is 9.89. The zero-order chi connectivity index (χ0) is 29.6. The summed E-state index contributed by atoms with van der Waals surface area (Å²) in [5.41, 5.74) is 3.72. The number of benzene rings is 2. The molecule has 0 radical (unpaired) electrons. The molecule has 0 spiro atoms. The van der Waals surface area contributed by atoms with Crippen LogP contribution in [0.15, 0.2) is 40.9 Å². The Morgan fingerprint density at radius 2 is 1.83 bits per heavy atom. The Balaban J connectivity index is 1.11. The highest BCUT2D eigenvalue weighted by Crippen LogP contribution is 2.46. The minimum absolute atomic E-state index is 0.276. The largest absolute Gasteiger partial charge is 0.360 e. The predicted octanol–water partition coefficient (Wildman–Crippen LogP) is 6.52. The van der Waals surface area contributed by atoms with Gasteiger partial charge < -0.3 is 9.42 Å². The van der Waals surface area contributed by atoms with Crippen LogP contribution >= 0.6 is 34.5 Å². The van der Waals surface area contributed by atoms with Crippen LogP contribution < -0.4 is 9.62 Å². The van der Waals surface area contributed by atoms with E-state index < -0.39 is 16.1 Å². The molecular weight excluding hydrogens is 617 g/mol. The van der Waals surface area contributed by atoms with Crippen molar-refractivity contribution in [3.05, 3.63) is 63.3 Å². The molecule has 1 amide bonds. The van der Waals surface area contributed by atoms with Gasteiger partial charge in [-0.25, -0.2) is 9.71 Å². The van der Waals surface area contributed by atoms with Crippen LogP contribution in [0, 0.1) is 5.92 Å². The van der Waals surface area contributed by atoms with Crippen molar-refractivity contribution in [1.29, 1.82) is 0 Å². The SMILES string of the molecule is CN(C)S(=O)(=O)NC(=O)c1ccc2nc(N3CCC(CCc4c(-c5c(Cl)cccc5Cl)noc4C4CC4)CC3)sc2c1. The Kier molecular flexibility index (Phi) is 8.23. The Morgan fingerprint density at radius 1 is 1.12 bits per heavy atom. The van der Waals surface area contributed by atoms with E-state index >= 15 is 0 Å². The highest BCUT2D eigenvalue weighted by Gasteiger charge is 2.34. The van der Waals surface area contributed by atoms with Crippen molar-refractivity contribution in [1.82, 2.24) is 19.2 Å². The smallest absolute Gasteiger partial charge is 0.303 e. The molecule has 2 fully saturated rings. The number of piperidine rings is 1. The predicted molar refractivity (Wildman–Crippen MR) is 167 cm³/mol. The maximum Gasteiger partial charge on any atom is 0.303 e. The molecule has 1 N–H and O–H groups in total. The van der Waals surface area contributed by atoms with Gasteiger partial charge >= 0.3 is 10.2 Å². The van der Waals surface area contributed by atoms with E-state index in [0.717, 1.165) is 93.8 Å². The lowest BCUT2D eigenvalue weighted by Gasteiger charge is -2.31. The summed E-state index contributed by atoms with van der Waals surface area (Å²) in [6.07, 6.45) is 6.22. The standard InChI is InChI=1S/C29H31Cl2N5O4S2/c1-35(2)42(38,39)34-28(37)19-9-11-23-24(16-19)41-29(32-23)36-14-12-17(13-15-36)6-10-20-26(33-40-27(20)18-7-8-18)25-21(30)4-3-5-22(25)31/h3-5,9,11,16-18H,6-8,10,12-15H2,1-2H3,(H,34,37). The molecule has 1 saturated carbocycles. The third-order valence-corrected chi connectivity index (χ3v) is 11.1. The summed E-state index contributed by atoms with van der Waals surface area (Å²) in [6, 6.07) is 10.6. The second-order valence-corrected chi connectivity index (χ2v) is 14.8. The third kappa shape index (κ3) is 6.03. The minimum atomic E-state index is -3.87. The van der Waals surface area contributed by atoms with E-state index in [0.29, 0.717) is 21.9 Å². The topological polar surface area (TPSA) is 109 Å². The van der Waals surface area contributed by atoms with E-state index in [1.165, 1.54) is 25.4 Å². The van der Waals surface area contributed by atoms with Crippen molar-refractivity contribution in [2.45, 2.75) is 44.4 Å². The molecule has 42 heavy (non-hydrogen) atoms. The van der Waals surface area contributed by atoms with Crippen LogP contribution in [0.2, 0.25) is 10.0 Å². The first kappa shape index (κ1) is 29.4. The van der Waals surface area contributed by atoms with Crippen molar-refractivity contribution in [2.75, 3.05) is 32.1 Å². The van der Waals surface area contributed by atoms with Crippen LogP contribution in [-0.4, -0.2) is 56.0 Å². The molecule has 2 aliphatic rings. The summed E-state index contributed by atoms with van der Waals surface area (Å²) >= 11 is 14.6. The molecule has 0 unspecified atom stereocenters. The van der Waals surface area contributed by atoms with Crippen LogP contribution in [-0.2, 0) is 16.6 Å². The Hall–Kier alpha value is -2.70. The fourth-order valence-corrected chi connectivity index (χ4v) is 7.54. The van der Waals surface area contributed by atoms with E-state index in [9.17, 15) is 13.2 Å². The number of hydrogen-bond donors (Lipinski definition) is 1. The number of fused-ring (bicyclic) bond motifs is 1. The lowest BCUT2D eigenvalue weighted by molar-refractivity contribution is 0.0980. The molecule has 0 atom stereocenters. The van der Waals surface area contributed by atoms with Crippen LogP contribution in [0.4, 0.5) is 5.13 Å². The summed E-state index contributed by atoms with van der Waals surface area (Å²) in [4.78, 5) is 19.6. The Morgan fingerprint density at radius 3 is 2.50 bits per heavy atom. The monoisotopic (exact) mass is 647 g/mol. The lowest BCUT2D eigenvalue weighted by Crippen LogP contribution is -2.39. The highest BCUT2D eigenvalue weighted by atomic mass is 35.5. The zero-order valence-corrected chi connectivity index (χ0v) is 26.4. The van der Waals surface area contributed by atoms with Crippen molar-refractivity contribution in [3.63, 3.8) is 0 Å². The van der Waals surface area contributed by atoms with Gasteiger partial charge in [-0.2, -0.15) is 12.7 Å². The van der Waals surface area contributed by atoms with E-state index in [-0.39, 0.29) is 5.56 Å². The van der Waals surface area contributed by atoms with Crippen molar-refractivity contribution >= 4 is 66.0 Å². The van der Waals surface area contributed by atoms with Gasteiger partial charge in [0, 0.05) is 49.8 Å². The quantitative estimate of drug-likeness (QED) is 0.220. The molecule has 4 aromatic rings. The number of rotatable bonds is 9. The second-order valence-electron chi connectivity index (χ2n) is 11.1. The number of carbonyl (C=O) groups is 1. The number of anilines is 1. The van der Waals surface area contributed by atoms with Gasteiger partial charge in [-0.15, -0.1) is 0 Å².